The summed E-state index contributed by atoms with van der Waals surface area (Å²) in [5.74, 6) is -3.14. The maximum atomic E-state index is 12.9. The van der Waals surface area contributed by atoms with Gasteiger partial charge < -0.3 is 14.8 Å². The fourth-order valence-corrected chi connectivity index (χ4v) is 2.22. The number of hydrogen-bond donors (Lipinski definition) is 1. The highest BCUT2D eigenvalue weighted by molar-refractivity contribution is 6.16. The SMILES string of the molecule is COc1cccc(C(=O)[C@@H](C#N)C(=O)Nc2ccc(F)cc2)c1OC. The van der Waals surface area contributed by atoms with E-state index in [1.165, 1.54) is 32.4 Å². The van der Waals surface area contributed by atoms with Crippen LogP contribution in [0.1, 0.15) is 10.4 Å². The number of benzene rings is 2. The van der Waals surface area contributed by atoms with Crippen molar-refractivity contribution >= 4 is 17.4 Å². The largest absolute Gasteiger partial charge is 0.493 e. The average molecular weight is 342 g/mol. The zero-order chi connectivity index (χ0) is 18.4. The summed E-state index contributed by atoms with van der Waals surface area (Å²) in [6, 6.07) is 11.3. The first-order valence-corrected chi connectivity index (χ1v) is 7.23. The van der Waals surface area contributed by atoms with Crippen molar-refractivity contribution in [3.8, 4) is 17.6 Å². The fraction of sp³-hybridized carbons (Fsp3) is 0.167. The quantitative estimate of drug-likeness (QED) is 0.644. The van der Waals surface area contributed by atoms with Crippen LogP contribution in [0.2, 0.25) is 0 Å². The first-order chi connectivity index (χ1) is 12.0. The van der Waals surface area contributed by atoms with Crippen LogP contribution in [0.15, 0.2) is 42.5 Å². The molecule has 0 radical (unpaired) electrons. The Kier molecular flexibility index (Phi) is 5.69. The Balaban J connectivity index is 2.28. The predicted octanol–water partition coefficient (Wildman–Crippen LogP) is 2.80. The highest BCUT2D eigenvalue weighted by Gasteiger charge is 2.30. The summed E-state index contributed by atoms with van der Waals surface area (Å²) in [6.45, 7) is 0. The highest BCUT2D eigenvalue weighted by atomic mass is 19.1. The topological polar surface area (TPSA) is 88.4 Å². The zero-order valence-corrected chi connectivity index (χ0v) is 13.6. The number of halogens is 1. The Morgan fingerprint density at radius 2 is 1.80 bits per heavy atom. The molecule has 1 atom stereocenters. The van der Waals surface area contributed by atoms with Crippen molar-refractivity contribution in [1.82, 2.24) is 0 Å². The number of carbonyl (C=O) groups is 2. The van der Waals surface area contributed by atoms with Crippen LogP contribution in [0.3, 0.4) is 0 Å². The van der Waals surface area contributed by atoms with E-state index in [1.807, 2.05) is 0 Å². The summed E-state index contributed by atoms with van der Waals surface area (Å²) in [5, 5.41) is 11.7. The molecular weight excluding hydrogens is 327 g/mol. The Labute approximate surface area is 143 Å². The van der Waals surface area contributed by atoms with E-state index in [0.717, 1.165) is 12.1 Å². The minimum atomic E-state index is -1.59. The summed E-state index contributed by atoms with van der Waals surface area (Å²) in [6.07, 6.45) is 0. The molecule has 2 aromatic rings. The van der Waals surface area contributed by atoms with E-state index < -0.39 is 23.4 Å². The van der Waals surface area contributed by atoms with E-state index >= 15 is 0 Å². The second-order valence-electron chi connectivity index (χ2n) is 4.96. The Hall–Kier alpha value is -3.40. The minimum absolute atomic E-state index is 0.0580. The molecule has 25 heavy (non-hydrogen) atoms. The van der Waals surface area contributed by atoms with Gasteiger partial charge in [-0.2, -0.15) is 5.26 Å². The number of Topliss-reactive ketones (excluding diaryl/α,β-unsaturated/α-hetero) is 1. The third-order valence-corrected chi connectivity index (χ3v) is 3.43. The number of nitriles is 1. The molecule has 1 N–H and O–H groups in total. The Bertz CT molecular complexity index is 828. The van der Waals surface area contributed by atoms with Crippen molar-refractivity contribution in [2.45, 2.75) is 0 Å². The van der Waals surface area contributed by atoms with Gasteiger partial charge in [-0.25, -0.2) is 4.39 Å². The van der Waals surface area contributed by atoms with E-state index in [-0.39, 0.29) is 17.0 Å². The second kappa shape index (κ2) is 7.93. The van der Waals surface area contributed by atoms with Crippen LogP contribution < -0.4 is 14.8 Å². The van der Waals surface area contributed by atoms with Gasteiger partial charge in [-0.3, -0.25) is 9.59 Å². The molecule has 0 fully saturated rings. The molecule has 0 aromatic heterocycles. The molecule has 2 rings (SSSR count). The van der Waals surface area contributed by atoms with Gasteiger partial charge >= 0.3 is 0 Å². The molecule has 0 aliphatic carbocycles. The molecule has 0 unspecified atom stereocenters. The molecule has 1 amide bonds. The summed E-state index contributed by atoms with van der Waals surface area (Å²) in [7, 11) is 2.77. The third kappa shape index (κ3) is 3.93. The molecule has 128 valence electrons. The summed E-state index contributed by atoms with van der Waals surface area (Å²) < 4.78 is 23.2. The van der Waals surface area contributed by atoms with Crippen molar-refractivity contribution in [1.29, 1.82) is 5.26 Å². The number of ketones is 1. The van der Waals surface area contributed by atoms with Crippen LogP contribution in [0.5, 0.6) is 11.5 Å². The molecule has 0 bridgehead atoms. The smallest absolute Gasteiger partial charge is 0.249 e. The maximum absolute atomic E-state index is 12.9. The maximum Gasteiger partial charge on any atom is 0.249 e. The molecule has 0 spiro atoms. The first-order valence-electron chi connectivity index (χ1n) is 7.23. The van der Waals surface area contributed by atoms with Gasteiger partial charge in [-0.1, -0.05) is 6.07 Å². The zero-order valence-electron chi connectivity index (χ0n) is 13.6. The van der Waals surface area contributed by atoms with Gasteiger partial charge in [0.05, 0.1) is 25.9 Å². The summed E-state index contributed by atoms with van der Waals surface area (Å²) in [4.78, 5) is 24.9. The number of ether oxygens (including phenoxy) is 2. The number of carbonyl (C=O) groups excluding carboxylic acids is 2. The molecule has 0 saturated carbocycles. The van der Waals surface area contributed by atoms with Crippen molar-refractivity contribution in [3.05, 3.63) is 53.8 Å². The Morgan fingerprint density at radius 3 is 2.36 bits per heavy atom. The number of para-hydroxylation sites is 1. The molecule has 2 aromatic carbocycles. The number of nitrogens with one attached hydrogen (secondary N) is 1. The van der Waals surface area contributed by atoms with Gasteiger partial charge in [-0.05, 0) is 36.4 Å². The van der Waals surface area contributed by atoms with Gasteiger partial charge in [0, 0.05) is 5.69 Å². The van der Waals surface area contributed by atoms with Crippen LogP contribution in [-0.4, -0.2) is 25.9 Å². The standard InChI is InChI=1S/C18H15FN2O4/c1-24-15-5-3-4-13(17(15)25-2)16(22)14(10-20)18(23)21-12-8-6-11(19)7-9-12/h3-9,14H,1-2H3,(H,21,23)/t14-/m1/s1. The molecule has 0 aliphatic rings. The highest BCUT2D eigenvalue weighted by Crippen LogP contribution is 2.32. The number of nitrogens with zero attached hydrogens (tertiary/aromatic N) is 1. The van der Waals surface area contributed by atoms with Crippen LogP contribution in [-0.2, 0) is 4.79 Å². The second-order valence-corrected chi connectivity index (χ2v) is 4.96. The lowest BCUT2D eigenvalue weighted by molar-refractivity contribution is -0.117. The molecule has 0 aliphatic heterocycles. The lowest BCUT2D eigenvalue weighted by Crippen LogP contribution is -2.29. The van der Waals surface area contributed by atoms with Gasteiger partial charge in [0.15, 0.2) is 23.2 Å². The van der Waals surface area contributed by atoms with E-state index in [0.29, 0.717) is 5.75 Å². The summed E-state index contributed by atoms with van der Waals surface area (Å²) in [5.41, 5.74) is 0.333. The normalized spacial score (nSPS) is 11.1. The molecular formula is C18H15FN2O4. The Morgan fingerprint density at radius 1 is 1.12 bits per heavy atom. The third-order valence-electron chi connectivity index (χ3n) is 3.43. The van der Waals surface area contributed by atoms with Crippen molar-refractivity contribution in [2.75, 3.05) is 19.5 Å². The monoisotopic (exact) mass is 342 g/mol. The van der Waals surface area contributed by atoms with E-state index in [1.54, 1.807) is 18.2 Å². The summed E-state index contributed by atoms with van der Waals surface area (Å²) >= 11 is 0. The number of amides is 1. The van der Waals surface area contributed by atoms with Gasteiger partial charge in [0.25, 0.3) is 0 Å². The molecule has 7 heteroatoms. The lowest BCUT2D eigenvalue weighted by atomic mass is 9.96. The van der Waals surface area contributed by atoms with Crippen molar-refractivity contribution in [3.63, 3.8) is 0 Å². The van der Waals surface area contributed by atoms with Crippen molar-refractivity contribution in [2.24, 2.45) is 5.92 Å². The molecule has 6 nitrogen and oxygen atoms in total. The van der Waals surface area contributed by atoms with Crippen LogP contribution >= 0.6 is 0 Å². The van der Waals surface area contributed by atoms with Gasteiger partial charge in [-0.15, -0.1) is 0 Å². The van der Waals surface area contributed by atoms with E-state index in [4.69, 9.17) is 9.47 Å². The predicted molar refractivity (Wildman–Crippen MR) is 88.0 cm³/mol. The average Bonchev–Trinajstić information content (AvgIpc) is 2.63. The van der Waals surface area contributed by atoms with E-state index in [9.17, 15) is 19.2 Å². The molecule has 0 heterocycles. The van der Waals surface area contributed by atoms with Crippen LogP contribution in [0.25, 0.3) is 0 Å². The van der Waals surface area contributed by atoms with Gasteiger partial charge in [0.1, 0.15) is 5.82 Å². The first kappa shape index (κ1) is 17.9. The number of hydrogen-bond acceptors (Lipinski definition) is 5. The number of anilines is 1. The van der Waals surface area contributed by atoms with Crippen LogP contribution in [0, 0.1) is 23.1 Å². The lowest BCUT2D eigenvalue weighted by Gasteiger charge is -2.14. The van der Waals surface area contributed by atoms with Crippen molar-refractivity contribution < 1.29 is 23.5 Å². The van der Waals surface area contributed by atoms with Crippen LogP contribution in [0.4, 0.5) is 10.1 Å². The molecule has 0 saturated heterocycles. The number of rotatable bonds is 6. The minimum Gasteiger partial charge on any atom is -0.493 e. The number of methoxy groups -OCH3 is 2. The van der Waals surface area contributed by atoms with Gasteiger partial charge in [0.2, 0.25) is 5.91 Å². The van der Waals surface area contributed by atoms with E-state index in [2.05, 4.69) is 5.32 Å². The fourth-order valence-electron chi connectivity index (χ4n) is 2.22.